The first kappa shape index (κ1) is 20.8. The Hall–Kier alpha value is -1.47. The molecule has 0 aliphatic heterocycles. The third kappa shape index (κ3) is 4.26. The van der Waals surface area contributed by atoms with E-state index in [9.17, 15) is 9.59 Å². The Labute approximate surface area is 170 Å². The molecule has 1 N–H and O–H groups in total. The SMILES string of the molecule is CN(NC(=O)C(C)(C)CCl)c1cnn(-c2ccc(Cl)cc2Cl)c(=O)c1Cl. The minimum absolute atomic E-state index is 0.127. The van der Waals surface area contributed by atoms with Gasteiger partial charge in [-0.3, -0.25) is 20.0 Å². The zero-order valence-electron chi connectivity index (χ0n) is 14.2. The van der Waals surface area contributed by atoms with Crippen LogP contribution in [0.3, 0.4) is 0 Å². The summed E-state index contributed by atoms with van der Waals surface area (Å²) in [5, 5.41) is 5.96. The van der Waals surface area contributed by atoms with Crippen molar-refractivity contribution in [1.29, 1.82) is 0 Å². The first-order valence-corrected chi connectivity index (χ1v) is 9.09. The third-order valence-electron chi connectivity index (χ3n) is 3.62. The number of carbonyl (C=O) groups is 1. The van der Waals surface area contributed by atoms with Crippen molar-refractivity contribution in [3.63, 3.8) is 0 Å². The van der Waals surface area contributed by atoms with E-state index in [2.05, 4.69) is 10.5 Å². The van der Waals surface area contributed by atoms with E-state index in [0.29, 0.717) is 10.7 Å². The average molecular weight is 438 g/mol. The molecule has 0 unspecified atom stereocenters. The summed E-state index contributed by atoms with van der Waals surface area (Å²) in [6.07, 6.45) is 1.35. The van der Waals surface area contributed by atoms with Crippen LogP contribution in [0.2, 0.25) is 15.1 Å². The van der Waals surface area contributed by atoms with Gasteiger partial charge in [-0.2, -0.15) is 9.78 Å². The summed E-state index contributed by atoms with van der Waals surface area (Å²) < 4.78 is 1.06. The Kier molecular flexibility index (Phi) is 6.45. The predicted molar refractivity (Wildman–Crippen MR) is 106 cm³/mol. The van der Waals surface area contributed by atoms with E-state index in [1.165, 1.54) is 17.3 Å². The van der Waals surface area contributed by atoms with Crippen LogP contribution in [0.25, 0.3) is 5.69 Å². The van der Waals surface area contributed by atoms with Crippen molar-refractivity contribution in [2.45, 2.75) is 13.8 Å². The lowest BCUT2D eigenvalue weighted by Crippen LogP contribution is -2.47. The Bertz CT molecular complexity index is 898. The van der Waals surface area contributed by atoms with Crippen molar-refractivity contribution in [2.75, 3.05) is 17.9 Å². The molecule has 1 heterocycles. The maximum atomic E-state index is 12.6. The minimum Gasteiger partial charge on any atom is -0.285 e. The molecule has 6 nitrogen and oxygen atoms in total. The number of hydrazine groups is 1. The number of carbonyl (C=O) groups excluding carboxylic acids is 1. The van der Waals surface area contributed by atoms with E-state index in [0.717, 1.165) is 4.68 Å². The lowest BCUT2D eigenvalue weighted by atomic mass is 9.96. The average Bonchev–Trinajstić information content (AvgIpc) is 2.57. The Morgan fingerprint density at radius 3 is 2.54 bits per heavy atom. The first-order valence-electron chi connectivity index (χ1n) is 7.42. The standard InChI is InChI=1S/C16H16Cl4N4O2/c1-16(2,8-17)15(26)22-23(3)12-7-21-24(14(25)13(12)20)11-5-4-9(18)6-10(11)19/h4-7H,8H2,1-3H3,(H,22,26). The van der Waals surface area contributed by atoms with Gasteiger partial charge in [0.15, 0.2) is 0 Å². The van der Waals surface area contributed by atoms with Gasteiger partial charge in [0.2, 0.25) is 5.91 Å². The van der Waals surface area contributed by atoms with Crippen LogP contribution in [0.15, 0.2) is 29.2 Å². The molecule has 0 aliphatic rings. The number of alkyl halides is 1. The second-order valence-electron chi connectivity index (χ2n) is 6.17. The molecule has 2 aromatic rings. The van der Waals surface area contributed by atoms with Gasteiger partial charge in [0.1, 0.15) is 10.7 Å². The summed E-state index contributed by atoms with van der Waals surface area (Å²) >= 11 is 24.0. The second-order valence-corrected chi connectivity index (χ2v) is 7.66. The number of rotatable bonds is 5. The summed E-state index contributed by atoms with van der Waals surface area (Å²) in [4.78, 5) is 24.8. The molecule has 10 heteroatoms. The van der Waals surface area contributed by atoms with Crippen molar-refractivity contribution < 1.29 is 4.79 Å². The Balaban J connectivity index is 2.38. The number of hydrogen-bond donors (Lipinski definition) is 1. The lowest BCUT2D eigenvalue weighted by Gasteiger charge is -2.27. The number of amides is 1. The van der Waals surface area contributed by atoms with Gasteiger partial charge in [0.05, 0.1) is 22.3 Å². The molecule has 1 aromatic carbocycles. The summed E-state index contributed by atoms with van der Waals surface area (Å²) in [5.74, 6) is -0.189. The highest BCUT2D eigenvalue weighted by atomic mass is 35.5. The molecule has 2 rings (SSSR count). The van der Waals surface area contributed by atoms with Gasteiger partial charge in [0.25, 0.3) is 5.56 Å². The fourth-order valence-electron chi connectivity index (χ4n) is 1.91. The number of nitrogens with one attached hydrogen (secondary N) is 1. The van der Waals surface area contributed by atoms with Crippen LogP contribution < -0.4 is 16.0 Å². The van der Waals surface area contributed by atoms with Gasteiger partial charge in [-0.15, -0.1) is 11.6 Å². The highest BCUT2D eigenvalue weighted by molar-refractivity contribution is 6.36. The third-order valence-corrected chi connectivity index (χ3v) is 5.18. The molecule has 140 valence electrons. The minimum atomic E-state index is -0.790. The highest BCUT2D eigenvalue weighted by Crippen LogP contribution is 2.25. The van der Waals surface area contributed by atoms with Crippen molar-refractivity contribution in [3.05, 3.63) is 49.8 Å². The molecule has 0 atom stereocenters. The fraction of sp³-hybridized carbons (Fsp3) is 0.312. The van der Waals surface area contributed by atoms with Crippen molar-refractivity contribution in [2.24, 2.45) is 5.41 Å². The molecular formula is C16H16Cl4N4O2. The fourth-order valence-corrected chi connectivity index (χ4v) is 2.77. The summed E-state index contributed by atoms with van der Waals surface area (Å²) in [5.41, 5.74) is 1.82. The van der Waals surface area contributed by atoms with E-state index in [-0.39, 0.29) is 27.5 Å². The van der Waals surface area contributed by atoms with Crippen LogP contribution in [0.1, 0.15) is 13.8 Å². The van der Waals surface area contributed by atoms with Crippen LogP contribution in [-0.4, -0.2) is 28.6 Å². The van der Waals surface area contributed by atoms with Gasteiger partial charge >= 0.3 is 0 Å². The van der Waals surface area contributed by atoms with E-state index >= 15 is 0 Å². The molecule has 0 fully saturated rings. The van der Waals surface area contributed by atoms with E-state index in [4.69, 9.17) is 46.4 Å². The monoisotopic (exact) mass is 436 g/mol. The van der Waals surface area contributed by atoms with Crippen molar-refractivity contribution >= 4 is 58.0 Å². The van der Waals surface area contributed by atoms with Crippen LogP contribution in [0, 0.1) is 5.41 Å². The Morgan fingerprint density at radius 2 is 1.96 bits per heavy atom. The zero-order valence-corrected chi connectivity index (χ0v) is 17.2. The van der Waals surface area contributed by atoms with Gasteiger partial charge in [-0.05, 0) is 32.0 Å². The van der Waals surface area contributed by atoms with Crippen LogP contribution in [-0.2, 0) is 4.79 Å². The van der Waals surface area contributed by atoms with Gasteiger partial charge in [-0.25, -0.2) is 0 Å². The van der Waals surface area contributed by atoms with Crippen LogP contribution in [0.5, 0.6) is 0 Å². The van der Waals surface area contributed by atoms with Crippen molar-refractivity contribution in [3.8, 4) is 5.69 Å². The van der Waals surface area contributed by atoms with E-state index < -0.39 is 11.0 Å². The molecule has 1 aromatic heterocycles. The molecule has 1 amide bonds. The second kappa shape index (κ2) is 8.05. The summed E-state index contributed by atoms with van der Waals surface area (Å²) in [7, 11) is 1.55. The molecular weight excluding hydrogens is 422 g/mol. The lowest BCUT2D eigenvalue weighted by molar-refractivity contribution is -0.128. The predicted octanol–water partition coefficient (Wildman–Crippen LogP) is 3.93. The molecule has 0 aliphatic carbocycles. The summed E-state index contributed by atoms with van der Waals surface area (Å²) in [6, 6.07) is 4.64. The van der Waals surface area contributed by atoms with Crippen LogP contribution >= 0.6 is 46.4 Å². The molecule has 0 radical (unpaired) electrons. The van der Waals surface area contributed by atoms with Crippen LogP contribution in [0.4, 0.5) is 5.69 Å². The maximum absolute atomic E-state index is 12.6. The zero-order chi connectivity index (χ0) is 19.6. The van der Waals surface area contributed by atoms with Gasteiger partial charge in [0, 0.05) is 18.0 Å². The van der Waals surface area contributed by atoms with Gasteiger partial charge < -0.3 is 0 Å². The maximum Gasteiger partial charge on any atom is 0.292 e. The number of hydrogen-bond acceptors (Lipinski definition) is 4. The Morgan fingerprint density at radius 1 is 1.31 bits per heavy atom. The molecule has 0 spiro atoms. The molecule has 0 bridgehead atoms. The van der Waals surface area contributed by atoms with Gasteiger partial charge in [-0.1, -0.05) is 34.8 Å². The smallest absolute Gasteiger partial charge is 0.285 e. The quantitative estimate of drug-likeness (QED) is 0.568. The topological polar surface area (TPSA) is 67.2 Å². The first-order chi connectivity index (χ1) is 12.1. The number of nitrogens with zero attached hydrogens (tertiary/aromatic N) is 3. The van der Waals surface area contributed by atoms with E-state index in [1.807, 2.05) is 0 Å². The van der Waals surface area contributed by atoms with E-state index in [1.54, 1.807) is 33.0 Å². The normalized spacial score (nSPS) is 11.3. The number of anilines is 1. The highest BCUT2D eigenvalue weighted by Gasteiger charge is 2.28. The number of halogens is 4. The number of aromatic nitrogens is 2. The molecule has 0 saturated carbocycles. The molecule has 0 saturated heterocycles. The van der Waals surface area contributed by atoms with Crippen molar-refractivity contribution in [1.82, 2.24) is 15.2 Å². The number of benzene rings is 1. The molecule has 26 heavy (non-hydrogen) atoms. The largest absolute Gasteiger partial charge is 0.292 e. The summed E-state index contributed by atoms with van der Waals surface area (Å²) in [6.45, 7) is 3.40.